The Hall–Kier alpha value is -4.48. The van der Waals surface area contributed by atoms with Crippen molar-refractivity contribution in [1.29, 1.82) is 0 Å². The molecule has 0 saturated heterocycles. The topological polar surface area (TPSA) is 145 Å². The molecule has 232 valence electrons. The van der Waals surface area contributed by atoms with Crippen molar-refractivity contribution in [3.05, 3.63) is 117 Å². The fourth-order valence-corrected chi connectivity index (χ4v) is 5.94. The summed E-state index contributed by atoms with van der Waals surface area (Å²) in [6.07, 6.45) is 0. The Morgan fingerprint density at radius 3 is 1.87 bits per heavy atom. The number of nitrogens with one attached hydrogen (secondary N) is 3. The first-order valence-corrected chi connectivity index (χ1v) is 15.7. The third-order valence-electron chi connectivity index (χ3n) is 6.34. The van der Waals surface area contributed by atoms with Gasteiger partial charge in [-0.25, -0.2) is 8.42 Å². The molecular weight excluding hydrogens is 661 g/mol. The largest absolute Gasteiger partial charge is 0.506 e. The number of benzene rings is 5. The Kier molecular flexibility index (Phi) is 10.5. The molecule has 0 fully saturated rings. The molecule has 5 N–H and O–H groups in total. The predicted molar refractivity (Wildman–Crippen MR) is 179 cm³/mol. The molecule has 0 spiro atoms. The van der Waals surface area contributed by atoms with Gasteiger partial charge in [-0.3, -0.25) is 14.3 Å². The number of anilines is 3. The minimum Gasteiger partial charge on any atom is -0.506 e. The monoisotopic (exact) mass is 685 g/mol. The van der Waals surface area contributed by atoms with Gasteiger partial charge in [-0.1, -0.05) is 71.2 Å². The SMILES string of the molecule is CC(=O)Nc1ccc(S(=O)(=O)Nc2cc(Cl)c(O)c(Cl)c2)cc1.Cc1cc(C(=O)Nc2ccccc2Cl)c(O)c2ccccc12. The Balaban J connectivity index is 0.000000205. The summed E-state index contributed by atoms with van der Waals surface area (Å²) >= 11 is 17.6. The number of phenolic OH excluding ortho intramolecular Hbond substituents is 2. The molecule has 5 rings (SSSR count). The van der Waals surface area contributed by atoms with E-state index in [2.05, 4.69) is 15.4 Å². The maximum absolute atomic E-state index is 12.5. The Bertz CT molecular complexity index is 2000. The minimum atomic E-state index is -3.87. The van der Waals surface area contributed by atoms with E-state index < -0.39 is 10.0 Å². The van der Waals surface area contributed by atoms with Crippen molar-refractivity contribution in [2.24, 2.45) is 0 Å². The molecule has 0 radical (unpaired) electrons. The van der Waals surface area contributed by atoms with Crippen LogP contribution in [0.3, 0.4) is 0 Å². The van der Waals surface area contributed by atoms with Crippen molar-refractivity contribution < 1.29 is 28.2 Å². The minimum absolute atomic E-state index is 0.00748. The first-order chi connectivity index (χ1) is 21.3. The second-order valence-corrected chi connectivity index (χ2v) is 12.6. The highest BCUT2D eigenvalue weighted by molar-refractivity contribution is 7.92. The summed E-state index contributed by atoms with van der Waals surface area (Å²) in [6.45, 7) is 3.26. The molecule has 5 aromatic rings. The van der Waals surface area contributed by atoms with Crippen LogP contribution in [0.2, 0.25) is 15.1 Å². The molecule has 0 aliphatic carbocycles. The van der Waals surface area contributed by atoms with Gasteiger partial charge in [0.25, 0.3) is 15.9 Å². The Morgan fingerprint density at radius 1 is 0.689 bits per heavy atom. The molecule has 0 atom stereocenters. The Morgan fingerprint density at radius 2 is 1.27 bits per heavy atom. The van der Waals surface area contributed by atoms with Gasteiger partial charge >= 0.3 is 0 Å². The smallest absolute Gasteiger partial charge is 0.261 e. The number of aromatic hydroxyl groups is 2. The summed E-state index contributed by atoms with van der Waals surface area (Å²) in [7, 11) is -3.87. The molecule has 0 heterocycles. The third-order valence-corrected chi connectivity index (χ3v) is 8.65. The highest BCUT2D eigenvalue weighted by Gasteiger charge is 2.18. The first kappa shape index (κ1) is 33.4. The van der Waals surface area contributed by atoms with Crippen LogP contribution < -0.4 is 15.4 Å². The second-order valence-electron chi connectivity index (χ2n) is 9.67. The average molecular weight is 687 g/mol. The molecule has 0 bridgehead atoms. The molecule has 2 amide bonds. The van der Waals surface area contributed by atoms with Crippen LogP contribution >= 0.6 is 34.8 Å². The van der Waals surface area contributed by atoms with Crippen LogP contribution in [-0.2, 0) is 14.8 Å². The summed E-state index contributed by atoms with van der Waals surface area (Å²) in [5, 5.41) is 27.0. The highest BCUT2D eigenvalue weighted by atomic mass is 35.5. The number of carbonyl (C=O) groups excluding carboxylic acids is 2. The molecule has 0 saturated carbocycles. The zero-order chi connectivity index (χ0) is 32.9. The zero-order valence-electron chi connectivity index (χ0n) is 23.7. The number of rotatable bonds is 6. The van der Waals surface area contributed by atoms with E-state index in [1.54, 1.807) is 36.4 Å². The van der Waals surface area contributed by atoms with Crippen LogP contribution in [0.4, 0.5) is 17.1 Å². The van der Waals surface area contributed by atoms with E-state index in [9.17, 15) is 28.2 Å². The summed E-state index contributed by atoms with van der Waals surface area (Å²) in [4.78, 5) is 23.4. The molecular formula is C32H26Cl3N3O6S. The molecule has 13 heteroatoms. The number of aryl methyl sites for hydroxylation is 1. The van der Waals surface area contributed by atoms with Gasteiger partial charge in [0.05, 0.1) is 36.9 Å². The number of hydrogen-bond acceptors (Lipinski definition) is 6. The van der Waals surface area contributed by atoms with E-state index in [1.807, 2.05) is 25.1 Å². The predicted octanol–water partition coefficient (Wildman–Crippen LogP) is 8.22. The lowest BCUT2D eigenvalue weighted by Gasteiger charge is -2.12. The van der Waals surface area contributed by atoms with Gasteiger partial charge in [-0.2, -0.15) is 0 Å². The number of sulfonamides is 1. The lowest BCUT2D eigenvalue weighted by molar-refractivity contribution is -0.114. The van der Waals surface area contributed by atoms with Crippen molar-refractivity contribution in [3.8, 4) is 11.5 Å². The van der Waals surface area contributed by atoms with Gasteiger partial charge in [0.2, 0.25) is 5.91 Å². The third kappa shape index (κ3) is 8.17. The van der Waals surface area contributed by atoms with Crippen LogP contribution in [0.15, 0.2) is 95.9 Å². The fraction of sp³-hybridized carbons (Fsp3) is 0.0625. The van der Waals surface area contributed by atoms with Crippen molar-refractivity contribution in [1.82, 2.24) is 0 Å². The van der Waals surface area contributed by atoms with Crippen LogP contribution in [0, 0.1) is 6.92 Å². The molecule has 0 aliphatic rings. The average Bonchev–Trinajstić information content (AvgIpc) is 2.99. The summed E-state index contributed by atoms with van der Waals surface area (Å²) in [6, 6.07) is 24.2. The van der Waals surface area contributed by atoms with Crippen molar-refractivity contribution in [3.63, 3.8) is 0 Å². The van der Waals surface area contributed by atoms with Gasteiger partial charge in [-0.15, -0.1) is 0 Å². The van der Waals surface area contributed by atoms with Gasteiger partial charge in [0.1, 0.15) is 5.75 Å². The molecule has 0 unspecified atom stereocenters. The molecule has 9 nitrogen and oxygen atoms in total. The van der Waals surface area contributed by atoms with Crippen molar-refractivity contribution in [2.75, 3.05) is 15.4 Å². The molecule has 0 aromatic heterocycles. The molecule has 5 aromatic carbocycles. The first-order valence-electron chi connectivity index (χ1n) is 13.1. The second kappa shape index (κ2) is 14.1. The zero-order valence-corrected chi connectivity index (χ0v) is 26.8. The number of halogens is 3. The quantitative estimate of drug-likeness (QED) is 0.114. The highest BCUT2D eigenvalue weighted by Crippen LogP contribution is 2.35. The summed E-state index contributed by atoms with van der Waals surface area (Å²) < 4.78 is 26.9. The van der Waals surface area contributed by atoms with Gasteiger partial charge in [-0.05, 0) is 72.5 Å². The number of phenols is 2. The number of hydrogen-bond donors (Lipinski definition) is 5. The van der Waals surface area contributed by atoms with E-state index in [4.69, 9.17) is 34.8 Å². The van der Waals surface area contributed by atoms with Crippen LogP contribution in [0.5, 0.6) is 11.5 Å². The van der Waals surface area contributed by atoms with E-state index in [1.165, 1.54) is 43.3 Å². The van der Waals surface area contributed by atoms with Crippen LogP contribution in [-0.4, -0.2) is 30.4 Å². The maximum Gasteiger partial charge on any atom is 0.261 e. The maximum atomic E-state index is 12.5. The number of amides is 2. The lowest BCUT2D eigenvalue weighted by atomic mass is 10.00. The standard InChI is InChI=1S/C18H14ClNO2.C14H12Cl2N2O4S/c1-11-10-14(17(21)13-7-3-2-6-12(11)13)18(22)20-16-9-5-4-8-15(16)19;1-8(19)17-9-2-4-11(5-3-9)23(21,22)18-10-6-12(15)14(20)13(16)7-10/h2-10,21H,1H3,(H,20,22);2-7,18,20H,1H3,(H,17,19). The molecule has 0 aliphatic heterocycles. The van der Waals surface area contributed by atoms with Crippen molar-refractivity contribution in [2.45, 2.75) is 18.7 Å². The van der Waals surface area contributed by atoms with Crippen LogP contribution in [0.25, 0.3) is 10.8 Å². The van der Waals surface area contributed by atoms with E-state index >= 15 is 0 Å². The molecule has 45 heavy (non-hydrogen) atoms. The van der Waals surface area contributed by atoms with Crippen LogP contribution in [0.1, 0.15) is 22.8 Å². The van der Waals surface area contributed by atoms with E-state index in [-0.39, 0.29) is 49.5 Å². The number of para-hydroxylation sites is 1. The van der Waals surface area contributed by atoms with Gasteiger partial charge < -0.3 is 20.8 Å². The van der Waals surface area contributed by atoms with E-state index in [0.29, 0.717) is 21.8 Å². The summed E-state index contributed by atoms with van der Waals surface area (Å²) in [5.41, 5.74) is 2.27. The normalized spacial score (nSPS) is 10.9. The van der Waals surface area contributed by atoms with Crippen molar-refractivity contribution >= 4 is 84.5 Å². The van der Waals surface area contributed by atoms with Gasteiger partial charge in [0.15, 0.2) is 5.75 Å². The van der Waals surface area contributed by atoms with E-state index in [0.717, 1.165) is 10.9 Å². The Labute approximate surface area is 274 Å². The lowest BCUT2D eigenvalue weighted by Crippen LogP contribution is -2.13. The number of fused-ring (bicyclic) bond motifs is 1. The fourth-order valence-electron chi connectivity index (χ4n) is 4.23. The summed E-state index contributed by atoms with van der Waals surface area (Å²) in [5.74, 6) is -0.992. The van der Waals surface area contributed by atoms with Gasteiger partial charge in [0, 0.05) is 18.0 Å². The number of carbonyl (C=O) groups is 2.